The van der Waals surface area contributed by atoms with Crippen LogP contribution in [-0.4, -0.2) is 20.0 Å². The van der Waals surface area contributed by atoms with Crippen molar-refractivity contribution in [2.75, 3.05) is 0 Å². The fourth-order valence-corrected chi connectivity index (χ4v) is 3.26. The van der Waals surface area contributed by atoms with Crippen LogP contribution in [0.1, 0.15) is 16.1 Å². The van der Waals surface area contributed by atoms with Gasteiger partial charge in [-0.15, -0.1) is 0 Å². The van der Waals surface area contributed by atoms with Gasteiger partial charge >= 0.3 is 0 Å². The van der Waals surface area contributed by atoms with Crippen LogP contribution in [0.15, 0.2) is 67.0 Å². The molecular formula is C20H15ClN2O2. The number of para-hydroxylation sites is 1. The maximum atomic E-state index is 13.0. The van der Waals surface area contributed by atoms with Crippen LogP contribution >= 0.6 is 11.6 Å². The van der Waals surface area contributed by atoms with Crippen LogP contribution < -0.4 is 0 Å². The summed E-state index contributed by atoms with van der Waals surface area (Å²) in [6.45, 7) is 0. The third-order valence-corrected chi connectivity index (χ3v) is 4.57. The summed E-state index contributed by atoms with van der Waals surface area (Å²) in [5.74, 6) is 0.0688. The zero-order valence-corrected chi connectivity index (χ0v) is 14.2. The molecule has 25 heavy (non-hydrogen) atoms. The Labute approximate surface area is 149 Å². The largest absolute Gasteiger partial charge is 0.506 e. The summed E-state index contributed by atoms with van der Waals surface area (Å²) in [5, 5.41) is 11.5. The highest BCUT2D eigenvalue weighted by molar-refractivity contribution is 6.31. The van der Waals surface area contributed by atoms with Gasteiger partial charge in [0.15, 0.2) is 0 Å². The number of fused-ring (bicyclic) bond motifs is 1. The molecule has 0 aliphatic heterocycles. The van der Waals surface area contributed by atoms with Gasteiger partial charge in [-0.3, -0.25) is 4.79 Å². The van der Waals surface area contributed by atoms with Crippen LogP contribution in [0.25, 0.3) is 16.6 Å². The second-order valence-electron chi connectivity index (χ2n) is 5.90. The molecule has 1 N–H and O–H groups in total. The van der Waals surface area contributed by atoms with Gasteiger partial charge in [0.25, 0.3) is 0 Å². The van der Waals surface area contributed by atoms with Crippen LogP contribution in [0.5, 0.6) is 5.75 Å². The van der Waals surface area contributed by atoms with E-state index in [-0.39, 0.29) is 11.5 Å². The Morgan fingerprint density at radius 2 is 1.88 bits per heavy atom. The molecule has 0 atom stereocenters. The maximum Gasteiger partial charge on any atom is 0.211 e. The first-order valence-electron chi connectivity index (χ1n) is 7.81. The summed E-state index contributed by atoms with van der Waals surface area (Å²) >= 11 is 6.13. The van der Waals surface area contributed by atoms with Gasteiger partial charge < -0.3 is 14.2 Å². The molecule has 5 heteroatoms. The molecule has 4 aromatic rings. The summed E-state index contributed by atoms with van der Waals surface area (Å²) in [6.07, 6.45) is 3.45. The van der Waals surface area contributed by atoms with Crippen molar-refractivity contribution in [2.24, 2.45) is 7.05 Å². The second-order valence-corrected chi connectivity index (χ2v) is 6.33. The quantitative estimate of drug-likeness (QED) is 0.551. The number of carbonyl (C=O) groups is 1. The highest BCUT2D eigenvalue weighted by atomic mass is 35.5. The van der Waals surface area contributed by atoms with Gasteiger partial charge in [0, 0.05) is 29.2 Å². The number of carbonyl (C=O) groups excluding carboxylic acids is 1. The number of nitrogens with zero attached hydrogens (tertiary/aromatic N) is 2. The number of hydrogen-bond donors (Lipinski definition) is 1. The molecule has 124 valence electrons. The van der Waals surface area contributed by atoms with Crippen molar-refractivity contribution in [3.8, 4) is 11.4 Å². The van der Waals surface area contributed by atoms with Crippen LogP contribution in [0.2, 0.25) is 5.02 Å². The van der Waals surface area contributed by atoms with Crippen molar-refractivity contribution in [1.82, 2.24) is 9.13 Å². The van der Waals surface area contributed by atoms with Crippen molar-refractivity contribution < 1.29 is 9.90 Å². The topological polar surface area (TPSA) is 47.2 Å². The number of halogens is 1. The molecule has 0 radical (unpaired) electrons. The molecule has 0 spiro atoms. The fraction of sp³-hybridized carbons (Fsp3) is 0.0500. The third kappa shape index (κ3) is 2.51. The van der Waals surface area contributed by atoms with E-state index in [2.05, 4.69) is 0 Å². The lowest BCUT2D eigenvalue weighted by molar-refractivity contribution is 0.103. The molecule has 0 amide bonds. The van der Waals surface area contributed by atoms with E-state index in [9.17, 15) is 9.90 Å². The van der Waals surface area contributed by atoms with Gasteiger partial charge in [-0.2, -0.15) is 0 Å². The molecule has 0 unspecified atom stereocenters. The van der Waals surface area contributed by atoms with Crippen LogP contribution in [0.4, 0.5) is 0 Å². The van der Waals surface area contributed by atoms with E-state index in [4.69, 9.17) is 11.6 Å². The SMILES string of the molecule is Cn1cccc1C(=O)c1ccccc1-n1cc(O)c2ccc(Cl)cc21. The second kappa shape index (κ2) is 5.83. The Morgan fingerprint density at radius 3 is 2.64 bits per heavy atom. The van der Waals surface area contributed by atoms with E-state index >= 15 is 0 Å². The van der Waals surface area contributed by atoms with Crippen molar-refractivity contribution in [3.63, 3.8) is 0 Å². The Bertz CT molecular complexity index is 1110. The molecule has 2 aromatic heterocycles. The summed E-state index contributed by atoms with van der Waals surface area (Å²) in [7, 11) is 1.84. The van der Waals surface area contributed by atoms with E-state index in [1.165, 1.54) is 0 Å². The Balaban J connectivity index is 1.95. The molecule has 0 saturated carbocycles. The molecule has 2 aromatic carbocycles. The number of hydrogen-bond acceptors (Lipinski definition) is 2. The molecule has 2 heterocycles. The van der Waals surface area contributed by atoms with Crippen molar-refractivity contribution >= 4 is 28.3 Å². The van der Waals surface area contributed by atoms with Crippen molar-refractivity contribution in [1.29, 1.82) is 0 Å². The highest BCUT2D eigenvalue weighted by Crippen LogP contribution is 2.33. The van der Waals surface area contributed by atoms with Gasteiger partial charge in [-0.1, -0.05) is 23.7 Å². The molecule has 0 fully saturated rings. The first-order valence-corrected chi connectivity index (χ1v) is 8.19. The Kier molecular flexibility index (Phi) is 3.62. The maximum absolute atomic E-state index is 13.0. The summed E-state index contributed by atoms with van der Waals surface area (Å²) in [5.41, 5.74) is 2.60. The fourth-order valence-electron chi connectivity index (χ4n) is 3.09. The van der Waals surface area contributed by atoms with Crippen molar-refractivity contribution in [2.45, 2.75) is 0 Å². The predicted octanol–water partition coefficient (Wildman–Crippen LogP) is 4.56. The Hall–Kier alpha value is -2.98. The van der Waals surface area contributed by atoms with E-state index < -0.39 is 0 Å². The third-order valence-electron chi connectivity index (χ3n) is 4.33. The number of aromatic hydroxyl groups is 1. The smallest absolute Gasteiger partial charge is 0.211 e. The lowest BCUT2D eigenvalue weighted by atomic mass is 10.1. The normalized spacial score (nSPS) is 11.1. The minimum absolute atomic E-state index is 0.0773. The average Bonchev–Trinajstić information content (AvgIpc) is 3.17. The first-order chi connectivity index (χ1) is 12.1. The van der Waals surface area contributed by atoms with Crippen LogP contribution in [-0.2, 0) is 7.05 Å². The van der Waals surface area contributed by atoms with E-state index in [1.54, 1.807) is 45.7 Å². The zero-order valence-electron chi connectivity index (χ0n) is 13.5. The number of aromatic nitrogens is 2. The van der Waals surface area contributed by atoms with E-state index in [0.29, 0.717) is 27.4 Å². The highest BCUT2D eigenvalue weighted by Gasteiger charge is 2.18. The van der Waals surface area contributed by atoms with Gasteiger partial charge in [0.1, 0.15) is 5.75 Å². The average molecular weight is 351 g/mol. The molecule has 0 aliphatic rings. The first kappa shape index (κ1) is 15.5. The van der Waals surface area contributed by atoms with Crippen LogP contribution in [0, 0.1) is 0 Å². The van der Waals surface area contributed by atoms with Gasteiger partial charge in [0.2, 0.25) is 5.78 Å². The summed E-state index contributed by atoms with van der Waals surface area (Å²) < 4.78 is 3.59. The predicted molar refractivity (Wildman–Crippen MR) is 98.8 cm³/mol. The molecular weight excluding hydrogens is 336 g/mol. The van der Waals surface area contributed by atoms with Gasteiger partial charge in [-0.25, -0.2) is 0 Å². The monoisotopic (exact) mass is 350 g/mol. The van der Waals surface area contributed by atoms with Crippen LogP contribution in [0.3, 0.4) is 0 Å². The number of aryl methyl sites for hydroxylation is 1. The molecule has 0 bridgehead atoms. The Morgan fingerprint density at radius 1 is 1.08 bits per heavy atom. The summed E-state index contributed by atoms with van der Waals surface area (Å²) in [4.78, 5) is 13.0. The molecule has 4 nitrogen and oxygen atoms in total. The van der Waals surface area contributed by atoms with Gasteiger partial charge in [0.05, 0.1) is 23.1 Å². The number of benzene rings is 2. The molecule has 0 aliphatic carbocycles. The molecule has 4 rings (SSSR count). The minimum Gasteiger partial charge on any atom is -0.506 e. The minimum atomic E-state index is -0.0773. The lowest BCUT2D eigenvalue weighted by Gasteiger charge is -2.12. The van der Waals surface area contributed by atoms with Gasteiger partial charge in [-0.05, 0) is 42.5 Å². The number of ketones is 1. The van der Waals surface area contributed by atoms with Crippen molar-refractivity contribution in [3.05, 3.63) is 83.3 Å². The number of rotatable bonds is 3. The molecule has 0 saturated heterocycles. The lowest BCUT2D eigenvalue weighted by Crippen LogP contribution is -2.10. The standard InChI is InChI=1S/C20H15ClN2O2/c1-22-10-4-7-17(22)20(25)15-5-2-3-6-16(15)23-12-19(24)14-9-8-13(21)11-18(14)23/h2-12,24H,1H3. The van der Waals surface area contributed by atoms with E-state index in [0.717, 1.165) is 5.52 Å². The summed E-state index contributed by atoms with van der Waals surface area (Å²) in [6, 6.07) is 16.3. The van der Waals surface area contributed by atoms with E-state index in [1.807, 2.05) is 37.5 Å². The zero-order chi connectivity index (χ0) is 17.6.